The second kappa shape index (κ2) is 6.21. The van der Waals surface area contributed by atoms with E-state index in [2.05, 4.69) is 61.9 Å². The molecule has 1 aliphatic heterocycles. The van der Waals surface area contributed by atoms with Gasteiger partial charge in [-0.15, -0.1) is 0 Å². The molecule has 0 bridgehead atoms. The minimum Gasteiger partial charge on any atom is -0.375 e. The first-order valence-corrected chi connectivity index (χ1v) is 7.87. The van der Waals surface area contributed by atoms with Crippen LogP contribution in [0.4, 0.5) is 5.69 Å². The number of alkyl halides is 1. The minimum atomic E-state index is 0.373. The lowest BCUT2D eigenvalue weighted by atomic mass is 10.1. The smallest absolute Gasteiger partial charge is 0.0748 e. The molecule has 2 nitrogen and oxygen atoms in total. The summed E-state index contributed by atoms with van der Waals surface area (Å²) >= 11 is 7.10. The monoisotopic (exact) mass is 361 g/mol. The van der Waals surface area contributed by atoms with E-state index in [1.807, 2.05) is 0 Å². The van der Waals surface area contributed by atoms with Crippen molar-refractivity contribution < 1.29 is 4.74 Å². The zero-order valence-corrected chi connectivity index (χ0v) is 13.1. The Labute approximate surface area is 120 Å². The van der Waals surface area contributed by atoms with Gasteiger partial charge in [0, 0.05) is 28.6 Å². The van der Waals surface area contributed by atoms with E-state index in [-0.39, 0.29) is 0 Å². The summed E-state index contributed by atoms with van der Waals surface area (Å²) in [7, 11) is 0. The first kappa shape index (κ1) is 13.4. The molecule has 1 aromatic rings. The van der Waals surface area contributed by atoms with Gasteiger partial charge in [0.1, 0.15) is 0 Å². The van der Waals surface area contributed by atoms with Gasteiger partial charge in [-0.1, -0.05) is 44.8 Å². The van der Waals surface area contributed by atoms with E-state index in [0.717, 1.165) is 31.4 Å². The highest BCUT2D eigenvalue weighted by Gasteiger charge is 2.19. The van der Waals surface area contributed by atoms with Crippen LogP contribution in [0.2, 0.25) is 0 Å². The summed E-state index contributed by atoms with van der Waals surface area (Å²) in [6.45, 7) is 4.99. The highest BCUT2D eigenvalue weighted by Crippen LogP contribution is 2.27. The Morgan fingerprint density at radius 1 is 1.47 bits per heavy atom. The third kappa shape index (κ3) is 3.24. The molecule has 0 aliphatic carbocycles. The predicted molar refractivity (Wildman–Crippen MR) is 79.0 cm³/mol. The predicted octanol–water partition coefficient (Wildman–Crippen LogP) is 3.96. The van der Waals surface area contributed by atoms with Crippen molar-refractivity contribution >= 4 is 37.5 Å². The molecule has 0 amide bonds. The Morgan fingerprint density at radius 3 is 2.94 bits per heavy atom. The van der Waals surface area contributed by atoms with Crippen molar-refractivity contribution in [1.29, 1.82) is 0 Å². The van der Waals surface area contributed by atoms with E-state index >= 15 is 0 Å². The summed E-state index contributed by atoms with van der Waals surface area (Å²) in [5.41, 5.74) is 2.57. The molecule has 1 fully saturated rings. The quantitative estimate of drug-likeness (QED) is 0.754. The molecular formula is C13H17Br2NO. The lowest BCUT2D eigenvalue weighted by Crippen LogP contribution is -2.42. The van der Waals surface area contributed by atoms with E-state index < -0.39 is 0 Å². The largest absolute Gasteiger partial charge is 0.375 e. The van der Waals surface area contributed by atoms with E-state index in [4.69, 9.17) is 4.74 Å². The minimum absolute atomic E-state index is 0.373. The fourth-order valence-corrected chi connectivity index (χ4v) is 3.41. The van der Waals surface area contributed by atoms with Crippen LogP contribution < -0.4 is 4.90 Å². The standard InChI is InChI=1S/C13H17Br2NO/c1-2-12-9-16(5-6-17-12)11-4-3-10(8-14)13(15)7-11/h3-4,7,12H,2,5-6,8-9H2,1H3. The summed E-state index contributed by atoms with van der Waals surface area (Å²) in [5.74, 6) is 0. The van der Waals surface area contributed by atoms with Crippen molar-refractivity contribution in [2.45, 2.75) is 24.8 Å². The maximum atomic E-state index is 5.69. The van der Waals surface area contributed by atoms with Crippen LogP contribution in [0.3, 0.4) is 0 Å². The Balaban J connectivity index is 2.13. The number of hydrogen-bond donors (Lipinski definition) is 0. The van der Waals surface area contributed by atoms with Crippen molar-refractivity contribution in [3.63, 3.8) is 0 Å². The molecule has 1 unspecified atom stereocenters. The molecule has 0 N–H and O–H groups in total. The van der Waals surface area contributed by atoms with E-state index in [1.54, 1.807) is 0 Å². The number of anilines is 1. The second-order valence-electron chi connectivity index (χ2n) is 4.26. The van der Waals surface area contributed by atoms with Crippen LogP contribution in [0.25, 0.3) is 0 Å². The van der Waals surface area contributed by atoms with Gasteiger partial charge >= 0.3 is 0 Å². The number of benzene rings is 1. The van der Waals surface area contributed by atoms with Crippen molar-refractivity contribution in [1.82, 2.24) is 0 Å². The van der Waals surface area contributed by atoms with E-state index in [0.29, 0.717) is 6.10 Å². The molecule has 1 aromatic carbocycles. The summed E-state index contributed by atoms with van der Waals surface area (Å²) in [5, 5.41) is 0.883. The number of hydrogen-bond acceptors (Lipinski definition) is 2. The van der Waals surface area contributed by atoms with Crippen LogP contribution in [0, 0.1) is 0 Å². The maximum absolute atomic E-state index is 5.69. The zero-order valence-electron chi connectivity index (χ0n) is 9.96. The summed E-state index contributed by atoms with van der Waals surface area (Å²) < 4.78 is 6.87. The molecule has 0 radical (unpaired) electrons. The average molecular weight is 363 g/mol. The van der Waals surface area contributed by atoms with Crippen molar-refractivity contribution in [2.75, 3.05) is 24.6 Å². The van der Waals surface area contributed by atoms with E-state index in [9.17, 15) is 0 Å². The Morgan fingerprint density at radius 2 is 2.29 bits per heavy atom. The summed E-state index contributed by atoms with van der Waals surface area (Å²) in [6.07, 6.45) is 1.45. The Hall–Kier alpha value is -0.0600. The lowest BCUT2D eigenvalue weighted by molar-refractivity contribution is 0.0384. The molecular weight excluding hydrogens is 346 g/mol. The van der Waals surface area contributed by atoms with Gasteiger partial charge in [0.25, 0.3) is 0 Å². The van der Waals surface area contributed by atoms with Crippen LogP contribution in [-0.2, 0) is 10.1 Å². The molecule has 1 aliphatic rings. The highest BCUT2D eigenvalue weighted by atomic mass is 79.9. The number of halogens is 2. The van der Waals surface area contributed by atoms with Gasteiger partial charge < -0.3 is 9.64 Å². The van der Waals surface area contributed by atoms with E-state index in [1.165, 1.54) is 15.7 Å². The molecule has 0 spiro atoms. The first-order valence-electron chi connectivity index (χ1n) is 5.95. The first-order chi connectivity index (χ1) is 8.24. The van der Waals surface area contributed by atoms with Crippen molar-refractivity contribution in [3.05, 3.63) is 28.2 Å². The number of morpholine rings is 1. The summed E-state index contributed by atoms with van der Waals surface area (Å²) in [4.78, 5) is 2.40. The van der Waals surface area contributed by atoms with Crippen LogP contribution >= 0.6 is 31.9 Å². The van der Waals surface area contributed by atoms with Gasteiger partial charge in [-0.2, -0.15) is 0 Å². The molecule has 1 saturated heterocycles. The third-order valence-electron chi connectivity index (χ3n) is 3.14. The third-order valence-corrected chi connectivity index (χ3v) is 4.48. The van der Waals surface area contributed by atoms with Gasteiger partial charge in [-0.3, -0.25) is 0 Å². The zero-order chi connectivity index (χ0) is 12.3. The van der Waals surface area contributed by atoms with Crippen LogP contribution in [0.5, 0.6) is 0 Å². The highest BCUT2D eigenvalue weighted by molar-refractivity contribution is 9.10. The van der Waals surface area contributed by atoms with Crippen LogP contribution in [0.15, 0.2) is 22.7 Å². The van der Waals surface area contributed by atoms with Crippen molar-refractivity contribution in [3.8, 4) is 0 Å². The van der Waals surface area contributed by atoms with Gasteiger partial charge in [0.05, 0.1) is 12.7 Å². The second-order valence-corrected chi connectivity index (χ2v) is 5.67. The number of rotatable bonds is 3. The number of ether oxygens (including phenoxy) is 1. The van der Waals surface area contributed by atoms with Crippen LogP contribution in [-0.4, -0.2) is 25.8 Å². The lowest BCUT2D eigenvalue weighted by Gasteiger charge is -2.34. The molecule has 94 valence electrons. The topological polar surface area (TPSA) is 12.5 Å². The summed E-state index contributed by atoms with van der Waals surface area (Å²) in [6, 6.07) is 6.57. The molecule has 17 heavy (non-hydrogen) atoms. The molecule has 4 heteroatoms. The Bertz CT molecular complexity index is 384. The fraction of sp³-hybridized carbons (Fsp3) is 0.538. The average Bonchev–Trinajstić information content (AvgIpc) is 2.38. The van der Waals surface area contributed by atoms with Crippen molar-refractivity contribution in [2.24, 2.45) is 0 Å². The normalized spacial score (nSPS) is 20.6. The van der Waals surface area contributed by atoms with Crippen LogP contribution in [0.1, 0.15) is 18.9 Å². The SMILES string of the molecule is CCC1CN(c2ccc(CBr)c(Br)c2)CCO1. The molecule has 1 heterocycles. The van der Waals surface area contributed by atoms with Gasteiger partial charge in [-0.25, -0.2) is 0 Å². The molecule has 0 aromatic heterocycles. The molecule has 2 rings (SSSR count). The fourth-order valence-electron chi connectivity index (χ4n) is 2.04. The van der Waals surface area contributed by atoms with Gasteiger partial charge in [-0.05, 0) is 24.1 Å². The molecule has 0 saturated carbocycles. The molecule has 1 atom stereocenters. The van der Waals surface area contributed by atoms with Gasteiger partial charge in [0.2, 0.25) is 0 Å². The van der Waals surface area contributed by atoms with Gasteiger partial charge in [0.15, 0.2) is 0 Å². The maximum Gasteiger partial charge on any atom is 0.0748 e. The Kier molecular flexibility index (Phi) is 4.88. The number of nitrogens with zero attached hydrogens (tertiary/aromatic N) is 1.